The number of rotatable bonds is 5. The molecule has 0 aliphatic carbocycles. The van der Waals surface area contributed by atoms with E-state index in [-0.39, 0.29) is 24.4 Å². The van der Waals surface area contributed by atoms with Gasteiger partial charge in [0.25, 0.3) is 10.0 Å². The number of nitrogens with one attached hydrogen (secondary N) is 3. The summed E-state index contributed by atoms with van der Waals surface area (Å²) in [6.45, 7) is 0.123. The first-order valence-electron chi connectivity index (χ1n) is 7.27. The predicted octanol–water partition coefficient (Wildman–Crippen LogP) is 0.782. The van der Waals surface area contributed by atoms with Gasteiger partial charge in [0.2, 0.25) is 5.09 Å². The minimum atomic E-state index is -4.62. The molecule has 0 spiro atoms. The summed E-state index contributed by atoms with van der Waals surface area (Å²) in [5.41, 5.74) is -1.30. The van der Waals surface area contributed by atoms with Crippen molar-refractivity contribution < 1.29 is 35.9 Å². The van der Waals surface area contributed by atoms with Crippen molar-refractivity contribution in [2.45, 2.75) is 29.8 Å². The molecule has 2 aromatic rings. The smallest absolute Gasteiger partial charge is 0.432 e. The molecule has 0 saturated carbocycles. The van der Waals surface area contributed by atoms with Crippen LogP contribution in [0.1, 0.15) is 12.1 Å². The molecule has 0 aromatic carbocycles. The summed E-state index contributed by atoms with van der Waals surface area (Å²) >= 11 is 0. The maximum absolute atomic E-state index is 12.6. The molecule has 0 amide bonds. The van der Waals surface area contributed by atoms with Crippen molar-refractivity contribution in [2.24, 2.45) is 0 Å². The van der Waals surface area contributed by atoms with Gasteiger partial charge in [-0.3, -0.25) is 9.89 Å². The van der Waals surface area contributed by atoms with Crippen LogP contribution in [0.25, 0.3) is 11.5 Å². The Bertz CT molecular complexity index is 920. The highest BCUT2D eigenvalue weighted by Crippen LogP contribution is 2.31. The second-order valence-electron chi connectivity index (χ2n) is 5.64. The highest BCUT2D eigenvalue weighted by Gasteiger charge is 2.35. The third-order valence-electron chi connectivity index (χ3n) is 3.73. The summed E-state index contributed by atoms with van der Waals surface area (Å²) in [4.78, 5) is 10.9. The number of sulfonamides is 1. The largest absolute Gasteiger partial charge is 0.480 e. The molecule has 0 unspecified atom stereocenters. The van der Waals surface area contributed by atoms with E-state index in [9.17, 15) is 26.4 Å². The van der Waals surface area contributed by atoms with Crippen LogP contribution in [0.2, 0.25) is 0 Å². The average molecular weight is 394 g/mol. The van der Waals surface area contributed by atoms with Gasteiger partial charge < -0.3 is 14.8 Å². The first kappa shape index (κ1) is 18.4. The normalized spacial score (nSPS) is 21.2. The van der Waals surface area contributed by atoms with Gasteiger partial charge in [-0.15, -0.1) is 0 Å². The number of nitrogens with zero attached hydrogens (tertiary/aromatic N) is 1. The van der Waals surface area contributed by atoms with E-state index in [2.05, 4.69) is 15.1 Å². The molecule has 3 rings (SSSR count). The monoisotopic (exact) mass is 394 g/mol. The molecule has 13 heteroatoms. The summed E-state index contributed by atoms with van der Waals surface area (Å²) in [7, 11) is -4.11. The lowest BCUT2D eigenvalue weighted by Gasteiger charge is -2.10. The van der Waals surface area contributed by atoms with Crippen LogP contribution < -0.4 is 10.0 Å². The molecule has 2 aromatic heterocycles. The van der Waals surface area contributed by atoms with Gasteiger partial charge in [0.1, 0.15) is 17.4 Å². The number of aromatic amines is 1. The molecule has 9 nitrogen and oxygen atoms in total. The van der Waals surface area contributed by atoms with Gasteiger partial charge in [0.05, 0.1) is 0 Å². The summed E-state index contributed by atoms with van der Waals surface area (Å²) < 4.78 is 69.7. The van der Waals surface area contributed by atoms with Crippen molar-refractivity contribution in [3.8, 4) is 11.5 Å². The molecule has 1 fully saturated rings. The molecule has 0 radical (unpaired) electrons. The Balaban J connectivity index is 1.74. The summed E-state index contributed by atoms with van der Waals surface area (Å²) in [6.07, 6.45) is -4.57. The third-order valence-corrected chi connectivity index (χ3v) is 5.13. The molecule has 2 atom stereocenters. The van der Waals surface area contributed by atoms with Crippen LogP contribution in [-0.2, 0) is 21.0 Å². The Labute approximate surface area is 144 Å². The van der Waals surface area contributed by atoms with Gasteiger partial charge in [-0.25, -0.2) is 13.1 Å². The number of hydrogen-bond acceptors (Lipinski definition) is 6. The van der Waals surface area contributed by atoms with Gasteiger partial charge in [-0.2, -0.15) is 18.3 Å². The zero-order chi connectivity index (χ0) is 19.1. The van der Waals surface area contributed by atoms with E-state index in [4.69, 9.17) is 9.52 Å². The van der Waals surface area contributed by atoms with Crippen molar-refractivity contribution in [1.82, 2.24) is 20.2 Å². The van der Waals surface area contributed by atoms with Crippen LogP contribution in [0.15, 0.2) is 27.7 Å². The number of carbonyl (C=O) groups is 1. The van der Waals surface area contributed by atoms with Gasteiger partial charge in [-0.1, -0.05) is 0 Å². The number of aliphatic carboxylic acids is 1. The fraction of sp³-hybridized carbons (Fsp3) is 0.385. The summed E-state index contributed by atoms with van der Waals surface area (Å²) in [6, 6.07) is 1.44. The number of furan rings is 1. The number of alkyl halides is 3. The number of carboxylic acid groups (broad SMARTS) is 1. The standard InChI is InChI=1S/C13H13F3N4O5S/c14-13(15,16)10-4-7(18-19-10)9-1-2-11(25-9)26(23,24)20-6-3-8(12(21)22)17-5-6/h1-2,4,6,8,17,20H,3,5H2,(H,18,19)(H,21,22)/t6-,8-/m0/s1. The molecular weight excluding hydrogens is 381 g/mol. The van der Waals surface area contributed by atoms with Gasteiger partial charge in [0, 0.05) is 12.6 Å². The molecule has 4 N–H and O–H groups in total. The van der Waals surface area contributed by atoms with E-state index in [0.717, 1.165) is 6.07 Å². The Morgan fingerprint density at radius 3 is 2.69 bits per heavy atom. The first-order valence-corrected chi connectivity index (χ1v) is 8.76. The quantitative estimate of drug-likeness (QED) is 0.588. The predicted molar refractivity (Wildman–Crippen MR) is 79.4 cm³/mol. The van der Waals surface area contributed by atoms with Crippen molar-refractivity contribution in [3.63, 3.8) is 0 Å². The lowest BCUT2D eigenvalue weighted by molar-refractivity contribution is -0.141. The molecule has 0 bridgehead atoms. The van der Waals surface area contributed by atoms with Crippen LogP contribution in [0.3, 0.4) is 0 Å². The fourth-order valence-electron chi connectivity index (χ4n) is 2.49. The summed E-state index contributed by atoms with van der Waals surface area (Å²) in [5, 5.41) is 16.3. The molecule has 26 heavy (non-hydrogen) atoms. The maximum Gasteiger partial charge on any atom is 0.432 e. The van der Waals surface area contributed by atoms with Crippen LogP contribution >= 0.6 is 0 Å². The van der Waals surface area contributed by atoms with Crippen molar-refractivity contribution in [1.29, 1.82) is 0 Å². The van der Waals surface area contributed by atoms with Crippen molar-refractivity contribution in [2.75, 3.05) is 6.54 Å². The Morgan fingerprint density at radius 1 is 1.38 bits per heavy atom. The Morgan fingerprint density at radius 2 is 2.12 bits per heavy atom. The zero-order valence-corrected chi connectivity index (χ0v) is 13.7. The van der Waals surface area contributed by atoms with E-state index < -0.39 is 45.0 Å². The first-order chi connectivity index (χ1) is 12.1. The van der Waals surface area contributed by atoms with Crippen molar-refractivity contribution in [3.05, 3.63) is 23.9 Å². The average Bonchev–Trinajstić information content (AvgIpc) is 3.26. The zero-order valence-electron chi connectivity index (χ0n) is 12.9. The molecular formula is C13H13F3N4O5S. The maximum atomic E-state index is 12.6. The molecule has 3 heterocycles. The highest BCUT2D eigenvalue weighted by atomic mass is 32.2. The fourth-order valence-corrected chi connectivity index (χ4v) is 3.67. The number of carboxylic acids is 1. The van der Waals surface area contributed by atoms with E-state index in [1.54, 1.807) is 5.10 Å². The van der Waals surface area contributed by atoms with Crippen LogP contribution in [-0.4, -0.2) is 48.3 Å². The van der Waals surface area contributed by atoms with Crippen molar-refractivity contribution >= 4 is 16.0 Å². The van der Waals surface area contributed by atoms with Crippen LogP contribution in [0, 0.1) is 0 Å². The molecule has 142 valence electrons. The van der Waals surface area contributed by atoms with Gasteiger partial charge in [-0.05, 0) is 24.6 Å². The lowest BCUT2D eigenvalue weighted by atomic mass is 10.2. The number of aromatic nitrogens is 2. The van der Waals surface area contributed by atoms with Gasteiger partial charge in [0.15, 0.2) is 5.76 Å². The van der Waals surface area contributed by atoms with E-state index in [0.29, 0.717) is 6.07 Å². The third kappa shape index (κ3) is 3.73. The van der Waals surface area contributed by atoms with Gasteiger partial charge >= 0.3 is 12.1 Å². The summed E-state index contributed by atoms with van der Waals surface area (Å²) in [5.74, 6) is -1.25. The number of H-pyrrole nitrogens is 1. The Hall–Kier alpha value is -2.38. The number of halogens is 3. The Kier molecular flexibility index (Phi) is 4.54. The SMILES string of the molecule is O=C(O)[C@@H]1C[C@H](NS(=O)(=O)c2ccc(-c3cc(C(F)(F)F)[nH]n3)o2)CN1. The van der Waals surface area contributed by atoms with E-state index >= 15 is 0 Å². The second-order valence-corrected chi connectivity index (χ2v) is 7.28. The lowest BCUT2D eigenvalue weighted by Crippen LogP contribution is -2.35. The minimum Gasteiger partial charge on any atom is -0.480 e. The van der Waals surface area contributed by atoms with E-state index in [1.165, 1.54) is 6.07 Å². The second kappa shape index (κ2) is 6.41. The highest BCUT2D eigenvalue weighted by molar-refractivity contribution is 7.89. The van der Waals surface area contributed by atoms with E-state index in [1.807, 2.05) is 0 Å². The molecule has 1 aliphatic rings. The molecule has 1 aliphatic heterocycles. The van der Waals surface area contributed by atoms with Crippen LogP contribution in [0.4, 0.5) is 13.2 Å². The minimum absolute atomic E-state index is 0.0520. The number of hydrogen-bond donors (Lipinski definition) is 4. The van der Waals surface area contributed by atoms with Crippen LogP contribution in [0.5, 0.6) is 0 Å². The topological polar surface area (TPSA) is 137 Å². The molecule has 1 saturated heterocycles.